The van der Waals surface area contributed by atoms with Gasteiger partial charge in [0.2, 0.25) is 0 Å². The van der Waals surface area contributed by atoms with Crippen molar-refractivity contribution in [2.75, 3.05) is 14.2 Å². The first kappa shape index (κ1) is 15.3. The Morgan fingerprint density at radius 2 is 1.83 bits per heavy atom. The maximum absolute atomic E-state index is 8.02. The lowest BCUT2D eigenvalue weighted by molar-refractivity contribution is 0.409. The predicted molar refractivity (Wildman–Crippen MR) is 84.5 cm³/mol. The molecule has 0 fully saturated rings. The molecule has 1 N–H and O–H groups in total. The normalized spacial score (nSPS) is 10.2. The van der Waals surface area contributed by atoms with E-state index in [0.29, 0.717) is 4.80 Å². The van der Waals surface area contributed by atoms with Crippen LogP contribution >= 0.6 is 35.3 Å². The fourth-order valence-corrected chi connectivity index (χ4v) is 2.95. The SMILES string of the molecule is CCCn1c(=N)sc2c(OC)ccc(OC)c21.I. The van der Waals surface area contributed by atoms with Crippen molar-refractivity contribution in [1.82, 2.24) is 4.57 Å². The quantitative estimate of drug-likeness (QED) is 0.828. The Bertz CT molecular complexity index is 592. The van der Waals surface area contributed by atoms with Gasteiger partial charge in [0, 0.05) is 6.54 Å². The third-order valence-corrected chi connectivity index (χ3v) is 3.67. The number of hydrogen-bond acceptors (Lipinski definition) is 4. The average Bonchev–Trinajstić information content (AvgIpc) is 2.66. The van der Waals surface area contributed by atoms with Gasteiger partial charge < -0.3 is 14.0 Å². The number of fused-ring (bicyclic) bond motifs is 1. The standard InChI is InChI=1S/C12H16N2O2S.HI/c1-4-7-14-10-8(15-2)5-6-9(16-3)11(10)17-12(14)13;/h5-6,13H,4,7H2,1-3H3;1H. The third kappa shape index (κ3) is 2.49. The lowest BCUT2D eigenvalue weighted by Crippen LogP contribution is -2.12. The zero-order valence-electron chi connectivity index (χ0n) is 10.6. The van der Waals surface area contributed by atoms with Crippen molar-refractivity contribution in [3.05, 3.63) is 16.9 Å². The minimum atomic E-state index is 0. The summed E-state index contributed by atoms with van der Waals surface area (Å²) in [7, 11) is 3.30. The van der Waals surface area contributed by atoms with Crippen LogP contribution in [-0.4, -0.2) is 18.8 Å². The Hall–Kier alpha value is -0.760. The molecule has 18 heavy (non-hydrogen) atoms. The number of methoxy groups -OCH3 is 2. The van der Waals surface area contributed by atoms with E-state index in [-0.39, 0.29) is 24.0 Å². The number of ether oxygens (including phenoxy) is 2. The van der Waals surface area contributed by atoms with Crippen molar-refractivity contribution in [3.63, 3.8) is 0 Å². The molecule has 0 aliphatic carbocycles. The Balaban J connectivity index is 0.00000162. The molecule has 0 spiro atoms. The second-order valence-corrected chi connectivity index (χ2v) is 4.71. The first-order valence-electron chi connectivity index (χ1n) is 5.51. The Labute approximate surface area is 127 Å². The molecule has 1 aromatic heterocycles. The molecule has 6 heteroatoms. The zero-order valence-corrected chi connectivity index (χ0v) is 13.8. The highest BCUT2D eigenvalue weighted by Crippen LogP contribution is 2.34. The van der Waals surface area contributed by atoms with Crippen molar-refractivity contribution in [3.8, 4) is 11.5 Å². The summed E-state index contributed by atoms with van der Waals surface area (Å²) in [5.74, 6) is 1.60. The molecule has 0 saturated carbocycles. The number of aryl methyl sites for hydroxylation is 1. The van der Waals surface area contributed by atoms with E-state index in [1.165, 1.54) is 11.3 Å². The Kier molecular flexibility index (Phi) is 5.46. The molecule has 2 aromatic rings. The number of thiazole rings is 1. The highest BCUT2D eigenvalue weighted by molar-refractivity contribution is 14.0. The van der Waals surface area contributed by atoms with Crippen molar-refractivity contribution >= 4 is 45.5 Å². The van der Waals surface area contributed by atoms with Crippen LogP contribution in [0.4, 0.5) is 0 Å². The van der Waals surface area contributed by atoms with Gasteiger partial charge in [-0.3, -0.25) is 5.41 Å². The molecule has 0 amide bonds. The van der Waals surface area contributed by atoms with Crippen LogP contribution in [0.2, 0.25) is 0 Å². The molecule has 1 heterocycles. The average molecular weight is 380 g/mol. The first-order valence-corrected chi connectivity index (χ1v) is 6.33. The molecule has 0 bridgehead atoms. The number of hydrogen-bond donors (Lipinski definition) is 1. The number of aromatic nitrogens is 1. The van der Waals surface area contributed by atoms with Gasteiger partial charge in [0.15, 0.2) is 4.80 Å². The zero-order chi connectivity index (χ0) is 12.4. The molecular weight excluding hydrogens is 363 g/mol. The fraction of sp³-hybridized carbons (Fsp3) is 0.417. The summed E-state index contributed by atoms with van der Waals surface area (Å²) in [4.78, 5) is 0.532. The van der Waals surface area contributed by atoms with E-state index >= 15 is 0 Å². The summed E-state index contributed by atoms with van der Waals surface area (Å²) < 4.78 is 13.7. The van der Waals surface area contributed by atoms with Crippen molar-refractivity contribution in [2.24, 2.45) is 0 Å². The van der Waals surface area contributed by atoms with E-state index in [2.05, 4.69) is 6.92 Å². The molecule has 0 radical (unpaired) electrons. The maximum atomic E-state index is 8.02. The maximum Gasteiger partial charge on any atom is 0.183 e. The predicted octanol–water partition coefficient (Wildman–Crippen LogP) is 3.23. The van der Waals surface area contributed by atoms with Gasteiger partial charge in [-0.05, 0) is 18.6 Å². The minimum absolute atomic E-state index is 0. The van der Waals surface area contributed by atoms with Crippen molar-refractivity contribution in [1.29, 1.82) is 5.41 Å². The number of benzene rings is 1. The smallest absolute Gasteiger partial charge is 0.183 e. The van der Waals surface area contributed by atoms with Crippen LogP contribution in [0.1, 0.15) is 13.3 Å². The second-order valence-electron chi connectivity index (χ2n) is 3.71. The highest BCUT2D eigenvalue weighted by Gasteiger charge is 2.14. The van der Waals surface area contributed by atoms with Gasteiger partial charge in [-0.25, -0.2) is 0 Å². The molecule has 0 saturated heterocycles. The van der Waals surface area contributed by atoms with Gasteiger partial charge in [0.25, 0.3) is 0 Å². The summed E-state index contributed by atoms with van der Waals surface area (Å²) >= 11 is 1.42. The molecular formula is C12H17IN2O2S. The topological polar surface area (TPSA) is 47.2 Å². The molecule has 2 rings (SSSR count). The summed E-state index contributed by atoms with van der Waals surface area (Å²) in [5, 5.41) is 8.02. The number of nitrogens with one attached hydrogen (secondary N) is 1. The van der Waals surface area contributed by atoms with E-state index in [0.717, 1.165) is 34.7 Å². The lowest BCUT2D eigenvalue weighted by Gasteiger charge is -2.09. The van der Waals surface area contributed by atoms with Gasteiger partial charge in [0.05, 0.1) is 14.2 Å². The van der Waals surface area contributed by atoms with Gasteiger partial charge in [-0.2, -0.15) is 0 Å². The summed E-state index contributed by atoms with van der Waals surface area (Å²) in [6.45, 7) is 2.92. The summed E-state index contributed by atoms with van der Waals surface area (Å²) in [6.07, 6.45) is 0.989. The first-order chi connectivity index (χ1) is 8.22. The third-order valence-electron chi connectivity index (χ3n) is 2.66. The molecule has 1 aromatic carbocycles. The number of halogens is 1. The minimum Gasteiger partial charge on any atom is -0.495 e. The number of rotatable bonds is 4. The second kappa shape index (κ2) is 6.42. The van der Waals surface area contributed by atoms with Crippen LogP contribution in [0.25, 0.3) is 10.2 Å². The van der Waals surface area contributed by atoms with Crippen LogP contribution in [0, 0.1) is 5.41 Å². The van der Waals surface area contributed by atoms with Gasteiger partial charge in [-0.1, -0.05) is 18.3 Å². The lowest BCUT2D eigenvalue weighted by atomic mass is 10.3. The van der Waals surface area contributed by atoms with E-state index in [9.17, 15) is 0 Å². The van der Waals surface area contributed by atoms with Gasteiger partial charge in [0.1, 0.15) is 21.7 Å². The summed E-state index contributed by atoms with van der Waals surface area (Å²) in [5.41, 5.74) is 0.962. The van der Waals surface area contributed by atoms with E-state index < -0.39 is 0 Å². The fourth-order valence-electron chi connectivity index (χ4n) is 1.90. The van der Waals surface area contributed by atoms with Crippen LogP contribution in [0.5, 0.6) is 11.5 Å². The number of nitrogens with zero attached hydrogens (tertiary/aromatic N) is 1. The Morgan fingerprint density at radius 3 is 2.39 bits per heavy atom. The molecule has 0 aliphatic heterocycles. The summed E-state index contributed by atoms with van der Waals surface area (Å²) in [6, 6.07) is 3.77. The largest absolute Gasteiger partial charge is 0.495 e. The highest BCUT2D eigenvalue weighted by atomic mass is 127. The molecule has 0 atom stereocenters. The van der Waals surface area contributed by atoms with Gasteiger partial charge >= 0.3 is 0 Å². The monoisotopic (exact) mass is 380 g/mol. The van der Waals surface area contributed by atoms with E-state index in [4.69, 9.17) is 14.9 Å². The molecule has 0 unspecified atom stereocenters. The van der Waals surface area contributed by atoms with Crippen LogP contribution in [-0.2, 0) is 6.54 Å². The molecule has 0 aliphatic rings. The Morgan fingerprint density at radius 1 is 1.22 bits per heavy atom. The molecule has 4 nitrogen and oxygen atoms in total. The van der Waals surface area contributed by atoms with Crippen LogP contribution < -0.4 is 14.3 Å². The van der Waals surface area contributed by atoms with Crippen molar-refractivity contribution in [2.45, 2.75) is 19.9 Å². The van der Waals surface area contributed by atoms with E-state index in [1.54, 1.807) is 14.2 Å². The van der Waals surface area contributed by atoms with Crippen molar-refractivity contribution < 1.29 is 9.47 Å². The van der Waals surface area contributed by atoms with E-state index in [1.807, 2.05) is 16.7 Å². The van der Waals surface area contributed by atoms with Crippen LogP contribution in [0.3, 0.4) is 0 Å². The molecule has 100 valence electrons. The van der Waals surface area contributed by atoms with Gasteiger partial charge in [-0.15, -0.1) is 24.0 Å². The van der Waals surface area contributed by atoms with Crippen LogP contribution in [0.15, 0.2) is 12.1 Å².